The van der Waals surface area contributed by atoms with E-state index in [1.807, 2.05) is 65.4 Å². The van der Waals surface area contributed by atoms with Crippen LogP contribution in [0.1, 0.15) is 29.2 Å². The number of nitrogens with zero attached hydrogens (tertiary/aromatic N) is 4. The highest BCUT2D eigenvalue weighted by molar-refractivity contribution is 7.80. The summed E-state index contributed by atoms with van der Waals surface area (Å²) in [6.07, 6.45) is 5.42. The van der Waals surface area contributed by atoms with Crippen LogP contribution in [0.2, 0.25) is 0 Å². The summed E-state index contributed by atoms with van der Waals surface area (Å²) in [7, 11) is 0. The Labute approximate surface area is 185 Å². The van der Waals surface area contributed by atoms with Crippen molar-refractivity contribution in [1.29, 1.82) is 0 Å². The van der Waals surface area contributed by atoms with Crippen molar-refractivity contribution < 1.29 is 4.39 Å². The first kappa shape index (κ1) is 19.4. The third kappa shape index (κ3) is 3.68. The van der Waals surface area contributed by atoms with E-state index in [0.717, 1.165) is 17.1 Å². The average Bonchev–Trinajstić information content (AvgIpc) is 3.40. The van der Waals surface area contributed by atoms with Crippen molar-refractivity contribution in [3.8, 4) is 5.69 Å². The fourth-order valence-electron chi connectivity index (χ4n) is 4.07. The summed E-state index contributed by atoms with van der Waals surface area (Å²) in [5, 5.41) is 4.05. The molecule has 0 spiro atoms. The molecule has 0 bridgehead atoms. The van der Waals surface area contributed by atoms with Crippen molar-refractivity contribution in [2.24, 2.45) is 0 Å². The van der Waals surface area contributed by atoms with Crippen LogP contribution < -0.4 is 5.32 Å². The molecule has 1 aromatic carbocycles. The standard InChI is InChI=1S/C24H20FN5S/c25-18-9-1-2-11-20(18)29-15-7-12-21(29)23-22(19-10-4-6-14-27-19)28-24(31)30(23)16-17-8-3-5-13-26-17/h1-15,22-23H,16H2,(H,28,31)/t22-,23+/m1/s1. The predicted octanol–water partition coefficient (Wildman–Crippen LogP) is 4.58. The van der Waals surface area contributed by atoms with Crippen LogP contribution >= 0.6 is 12.2 Å². The number of hydrogen-bond acceptors (Lipinski definition) is 3. The fourth-order valence-corrected chi connectivity index (χ4v) is 4.37. The van der Waals surface area contributed by atoms with E-state index in [-0.39, 0.29) is 17.9 Å². The Kier molecular flexibility index (Phi) is 5.18. The fraction of sp³-hybridized carbons (Fsp3) is 0.125. The van der Waals surface area contributed by atoms with Crippen molar-refractivity contribution in [2.75, 3.05) is 0 Å². The molecule has 31 heavy (non-hydrogen) atoms. The number of rotatable bonds is 5. The van der Waals surface area contributed by atoms with E-state index < -0.39 is 0 Å². The van der Waals surface area contributed by atoms with Gasteiger partial charge in [-0.1, -0.05) is 24.3 Å². The van der Waals surface area contributed by atoms with E-state index in [1.54, 1.807) is 24.5 Å². The lowest BCUT2D eigenvalue weighted by Gasteiger charge is -2.28. The van der Waals surface area contributed by atoms with Gasteiger partial charge in [-0.15, -0.1) is 0 Å². The molecule has 1 aliphatic rings. The molecule has 2 atom stereocenters. The number of pyridine rings is 2. The highest BCUT2D eigenvalue weighted by Gasteiger charge is 2.41. The first-order chi connectivity index (χ1) is 15.2. The molecule has 0 saturated carbocycles. The molecule has 1 fully saturated rings. The van der Waals surface area contributed by atoms with E-state index in [2.05, 4.69) is 20.2 Å². The minimum atomic E-state index is -0.279. The summed E-state index contributed by atoms with van der Waals surface area (Å²) >= 11 is 5.73. The summed E-state index contributed by atoms with van der Waals surface area (Å²) in [6.45, 7) is 0.531. The summed E-state index contributed by atoms with van der Waals surface area (Å²) in [4.78, 5) is 11.1. The van der Waals surface area contributed by atoms with E-state index >= 15 is 0 Å². The topological polar surface area (TPSA) is 46.0 Å². The SMILES string of the molecule is Fc1ccccc1-n1cccc1[C@H]1[C@@H](c2ccccn2)NC(=S)N1Cc1ccccn1. The summed E-state index contributed by atoms with van der Waals surface area (Å²) in [5.41, 5.74) is 3.20. The zero-order valence-corrected chi connectivity index (χ0v) is 17.4. The maximum Gasteiger partial charge on any atom is 0.170 e. The van der Waals surface area contributed by atoms with Crippen molar-refractivity contribution in [3.63, 3.8) is 0 Å². The molecular formula is C24H20FN5S. The number of benzene rings is 1. The van der Waals surface area contributed by atoms with Crippen LogP contribution in [0.25, 0.3) is 5.69 Å². The molecular weight excluding hydrogens is 409 g/mol. The van der Waals surface area contributed by atoms with Gasteiger partial charge in [0.15, 0.2) is 5.11 Å². The third-order valence-electron chi connectivity index (χ3n) is 5.45. The Bertz CT molecular complexity index is 1190. The second kappa shape index (κ2) is 8.28. The number of hydrogen-bond donors (Lipinski definition) is 1. The van der Waals surface area contributed by atoms with Gasteiger partial charge in [0.2, 0.25) is 0 Å². The number of nitrogens with one attached hydrogen (secondary N) is 1. The van der Waals surface area contributed by atoms with Gasteiger partial charge in [0.25, 0.3) is 0 Å². The van der Waals surface area contributed by atoms with Crippen LogP contribution in [0.15, 0.2) is 91.4 Å². The first-order valence-corrected chi connectivity index (χ1v) is 10.4. The van der Waals surface area contributed by atoms with E-state index in [1.165, 1.54) is 6.07 Å². The summed E-state index contributed by atoms with van der Waals surface area (Å²) in [5.74, 6) is -0.279. The van der Waals surface area contributed by atoms with E-state index in [4.69, 9.17) is 12.2 Å². The zero-order chi connectivity index (χ0) is 21.2. The van der Waals surface area contributed by atoms with Gasteiger partial charge < -0.3 is 14.8 Å². The Morgan fingerprint density at radius 1 is 0.903 bits per heavy atom. The van der Waals surface area contributed by atoms with Crippen LogP contribution in [0.4, 0.5) is 4.39 Å². The van der Waals surface area contributed by atoms with Crippen LogP contribution in [-0.2, 0) is 6.54 Å². The highest BCUT2D eigenvalue weighted by atomic mass is 32.1. The highest BCUT2D eigenvalue weighted by Crippen LogP contribution is 2.40. The number of aromatic nitrogens is 3. The first-order valence-electron chi connectivity index (χ1n) is 10.0. The van der Waals surface area contributed by atoms with Gasteiger partial charge in [-0.3, -0.25) is 9.97 Å². The Hall–Kier alpha value is -3.58. The van der Waals surface area contributed by atoms with Crippen LogP contribution in [0, 0.1) is 5.82 Å². The van der Waals surface area contributed by atoms with Crippen molar-refractivity contribution in [3.05, 3.63) is 114 Å². The Balaban J connectivity index is 1.62. The third-order valence-corrected chi connectivity index (χ3v) is 5.80. The molecule has 1 saturated heterocycles. The Morgan fingerprint density at radius 2 is 1.68 bits per heavy atom. The van der Waals surface area contributed by atoms with Gasteiger partial charge >= 0.3 is 0 Å². The monoisotopic (exact) mass is 429 g/mol. The van der Waals surface area contributed by atoms with Gasteiger partial charge in [-0.25, -0.2) is 4.39 Å². The van der Waals surface area contributed by atoms with Crippen LogP contribution in [-0.4, -0.2) is 24.5 Å². The normalized spacial score (nSPS) is 18.2. The maximum absolute atomic E-state index is 14.7. The lowest BCUT2D eigenvalue weighted by Crippen LogP contribution is -2.30. The maximum atomic E-state index is 14.7. The molecule has 5 nitrogen and oxygen atoms in total. The lowest BCUT2D eigenvalue weighted by atomic mass is 10.0. The van der Waals surface area contributed by atoms with Crippen molar-refractivity contribution in [1.82, 2.24) is 24.8 Å². The molecule has 0 unspecified atom stereocenters. The van der Waals surface area contributed by atoms with Gasteiger partial charge in [0.1, 0.15) is 5.82 Å². The molecule has 3 aromatic heterocycles. The van der Waals surface area contributed by atoms with Crippen LogP contribution in [0.5, 0.6) is 0 Å². The molecule has 4 heterocycles. The molecule has 7 heteroatoms. The molecule has 154 valence electrons. The van der Waals surface area contributed by atoms with Crippen molar-refractivity contribution >= 4 is 17.3 Å². The summed E-state index contributed by atoms with van der Waals surface area (Å²) < 4.78 is 16.5. The molecule has 0 amide bonds. The number of halogens is 1. The molecule has 1 aliphatic heterocycles. The second-order valence-corrected chi connectivity index (χ2v) is 7.72. The molecule has 0 aliphatic carbocycles. The van der Waals surface area contributed by atoms with Gasteiger partial charge in [0, 0.05) is 24.3 Å². The van der Waals surface area contributed by atoms with Crippen molar-refractivity contribution in [2.45, 2.75) is 18.6 Å². The molecule has 5 rings (SSSR count). The second-order valence-electron chi connectivity index (χ2n) is 7.33. The predicted molar refractivity (Wildman–Crippen MR) is 121 cm³/mol. The minimum Gasteiger partial charge on any atom is -0.352 e. The molecule has 0 radical (unpaired) electrons. The van der Waals surface area contributed by atoms with Gasteiger partial charge in [-0.2, -0.15) is 0 Å². The van der Waals surface area contributed by atoms with Crippen LogP contribution in [0.3, 0.4) is 0 Å². The Morgan fingerprint density at radius 3 is 2.42 bits per heavy atom. The zero-order valence-electron chi connectivity index (χ0n) is 16.6. The summed E-state index contributed by atoms with van der Waals surface area (Å²) in [6, 6.07) is 22.0. The number of thiocarbonyl (C=S) groups is 1. The van der Waals surface area contributed by atoms with E-state index in [9.17, 15) is 4.39 Å². The smallest absolute Gasteiger partial charge is 0.170 e. The van der Waals surface area contributed by atoms with E-state index in [0.29, 0.717) is 17.3 Å². The molecule has 4 aromatic rings. The minimum absolute atomic E-state index is 0.183. The molecule has 1 N–H and O–H groups in total. The van der Waals surface area contributed by atoms with Gasteiger partial charge in [-0.05, 0) is 60.7 Å². The quantitative estimate of drug-likeness (QED) is 0.471. The largest absolute Gasteiger partial charge is 0.352 e. The van der Waals surface area contributed by atoms with Gasteiger partial charge in [0.05, 0.1) is 35.7 Å². The average molecular weight is 430 g/mol. The lowest BCUT2D eigenvalue weighted by molar-refractivity contribution is 0.299. The number of para-hydroxylation sites is 1.